The van der Waals surface area contributed by atoms with Gasteiger partial charge in [-0.3, -0.25) is 4.90 Å². The lowest BCUT2D eigenvalue weighted by molar-refractivity contribution is -0.114. The predicted molar refractivity (Wildman–Crippen MR) is 112 cm³/mol. The fourth-order valence-corrected chi connectivity index (χ4v) is 4.70. The van der Waals surface area contributed by atoms with Gasteiger partial charge in [-0.15, -0.1) is 0 Å². The zero-order valence-corrected chi connectivity index (χ0v) is 18.8. The summed E-state index contributed by atoms with van der Waals surface area (Å²) in [5.74, 6) is 0. The molecule has 7 heteroatoms. The second-order valence-electron chi connectivity index (χ2n) is 10.8. The molecular weight excluding hydrogens is 372 g/mol. The maximum Gasteiger partial charge on any atom is 0.494 e. The fraction of sp³-hybridized carbons (Fsp3) is 0.682. The largest absolute Gasteiger partial charge is 0.494 e. The molecule has 29 heavy (non-hydrogen) atoms. The third kappa shape index (κ3) is 3.68. The molecule has 1 saturated carbocycles. The fourth-order valence-electron chi connectivity index (χ4n) is 4.70. The minimum atomic E-state index is -1.39. The first kappa shape index (κ1) is 22.1. The Morgan fingerprint density at radius 2 is 1.48 bits per heavy atom. The molecular formula is C22H33BFNO4. The zero-order chi connectivity index (χ0) is 22.0. The minimum absolute atomic E-state index is 0.138. The lowest BCUT2D eigenvalue weighted by atomic mass is 9.61. The molecule has 1 amide bonds. The van der Waals surface area contributed by atoms with Crippen LogP contribution in [0.5, 0.6) is 0 Å². The highest BCUT2D eigenvalue weighted by Crippen LogP contribution is 2.56. The van der Waals surface area contributed by atoms with Crippen LogP contribution in [0.1, 0.15) is 73.8 Å². The third-order valence-electron chi connectivity index (χ3n) is 6.59. The van der Waals surface area contributed by atoms with Crippen LogP contribution in [0.15, 0.2) is 24.3 Å². The summed E-state index contributed by atoms with van der Waals surface area (Å²) in [5, 5.41) is 9.95. The molecule has 1 aromatic rings. The van der Waals surface area contributed by atoms with Gasteiger partial charge in [0.25, 0.3) is 0 Å². The van der Waals surface area contributed by atoms with Gasteiger partial charge >= 0.3 is 13.2 Å². The van der Waals surface area contributed by atoms with Crippen molar-refractivity contribution in [2.24, 2.45) is 0 Å². The van der Waals surface area contributed by atoms with Gasteiger partial charge < -0.3 is 14.4 Å². The van der Waals surface area contributed by atoms with E-state index in [1.807, 2.05) is 72.7 Å². The quantitative estimate of drug-likeness (QED) is 0.754. The first-order valence-corrected chi connectivity index (χ1v) is 10.2. The summed E-state index contributed by atoms with van der Waals surface area (Å²) in [5.41, 5.74) is -2.15. The summed E-state index contributed by atoms with van der Waals surface area (Å²) in [7, 11) is -0.490. The Balaban J connectivity index is 1.95. The van der Waals surface area contributed by atoms with E-state index in [4.69, 9.17) is 9.31 Å². The molecule has 1 aliphatic carbocycles. The molecule has 5 nitrogen and oxygen atoms in total. The number of benzene rings is 1. The summed E-state index contributed by atoms with van der Waals surface area (Å²) in [6.07, 6.45) is -0.762. The Morgan fingerprint density at radius 1 is 1.03 bits per heavy atom. The monoisotopic (exact) mass is 405 g/mol. The summed E-state index contributed by atoms with van der Waals surface area (Å²) in [4.78, 5) is 13.6. The number of carboxylic acid groups (broad SMARTS) is 1. The van der Waals surface area contributed by atoms with Crippen molar-refractivity contribution in [2.45, 2.75) is 96.2 Å². The van der Waals surface area contributed by atoms with Crippen LogP contribution in [0, 0.1) is 0 Å². The summed E-state index contributed by atoms with van der Waals surface area (Å²) in [6.45, 7) is 15.1. The van der Waals surface area contributed by atoms with Gasteiger partial charge in [0.15, 0.2) is 0 Å². The smallest absolute Gasteiger partial charge is 0.465 e. The van der Waals surface area contributed by atoms with E-state index in [0.29, 0.717) is 0 Å². The van der Waals surface area contributed by atoms with E-state index in [-0.39, 0.29) is 12.8 Å². The van der Waals surface area contributed by atoms with Crippen LogP contribution in [0.3, 0.4) is 0 Å². The van der Waals surface area contributed by atoms with Crippen molar-refractivity contribution in [2.75, 3.05) is 0 Å². The SMILES string of the molecule is CC(C)(C)N(C(=O)O)[C@]1(c2ccc(B3OC(C)(C)C(C)(C)O3)cc2)C[C@](C)(F)C1. The van der Waals surface area contributed by atoms with Crippen molar-refractivity contribution in [3.05, 3.63) is 29.8 Å². The molecule has 3 rings (SSSR count). The van der Waals surface area contributed by atoms with Crippen molar-refractivity contribution in [3.63, 3.8) is 0 Å². The van der Waals surface area contributed by atoms with Crippen molar-refractivity contribution in [1.82, 2.24) is 4.90 Å². The van der Waals surface area contributed by atoms with E-state index in [1.54, 1.807) is 0 Å². The van der Waals surface area contributed by atoms with Crippen LogP contribution in [-0.4, -0.2) is 45.6 Å². The Kier molecular flexibility index (Phi) is 4.91. The van der Waals surface area contributed by atoms with Gasteiger partial charge in [-0.2, -0.15) is 0 Å². The van der Waals surface area contributed by atoms with E-state index in [0.717, 1.165) is 11.0 Å². The first-order valence-electron chi connectivity index (χ1n) is 10.2. The highest BCUT2D eigenvalue weighted by molar-refractivity contribution is 6.62. The van der Waals surface area contributed by atoms with Crippen molar-refractivity contribution in [3.8, 4) is 0 Å². The van der Waals surface area contributed by atoms with E-state index in [2.05, 4.69) is 0 Å². The Labute approximate surface area is 173 Å². The van der Waals surface area contributed by atoms with Crippen LogP contribution >= 0.6 is 0 Å². The normalized spacial score (nSPS) is 30.7. The molecule has 0 unspecified atom stereocenters. The molecule has 1 aromatic carbocycles. The van der Waals surface area contributed by atoms with Gasteiger partial charge in [0, 0.05) is 18.4 Å². The van der Waals surface area contributed by atoms with E-state index < -0.39 is 41.2 Å². The number of rotatable bonds is 3. The van der Waals surface area contributed by atoms with Crippen LogP contribution in [0.25, 0.3) is 0 Å². The molecule has 0 spiro atoms. The number of carbonyl (C=O) groups is 1. The Morgan fingerprint density at radius 3 is 1.83 bits per heavy atom. The minimum Gasteiger partial charge on any atom is -0.465 e. The van der Waals surface area contributed by atoms with Gasteiger partial charge in [0.2, 0.25) is 0 Å². The number of alkyl halides is 1. The molecule has 0 aromatic heterocycles. The molecule has 2 aliphatic rings. The first-order chi connectivity index (χ1) is 13.0. The van der Waals surface area contributed by atoms with Crippen molar-refractivity contribution < 1.29 is 23.6 Å². The summed E-state index contributed by atoms with van der Waals surface area (Å²) >= 11 is 0. The molecule has 2 fully saturated rings. The van der Waals surface area contributed by atoms with Crippen molar-refractivity contribution >= 4 is 18.7 Å². The topological polar surface area (TPSA) is 59.0 Å². The molecule has 1 heterocycles. The van der Waals surface area contributed by atoms with Crippen molar-refractivity contribution in [1.29, 1.82) is 0 Å². The number of hydrogen-bond donors (Lipinski definition) is 1. The number of amides is 1. The van der Waals surface area contributed by atoms with Crippen LogP contribution in [0.2, 0.25) is 0 Å². The van der Waals surface area contributed by atoms with Gasteiger partial charge in [-0.25, -0.2) is 9.18 Å². The molecule has 0 bridgehead atoms. The van der Waals surface area contributed by atoms with Gasteiger partial charge in [-0.1, -0.05) is 24.3 Å². The van der Waals surface area contributed by atoms with Gasteiger partial charge in [-0.05, 0) is 66.4 Å². The number of halogens is 1. The van der Waals surface area contributed by atoms with E-state index in [1.165, 1.54) is 11.8 Å². The lowest BCUT2D eigenvalue weighted by Crippen LogP contribution is -2.66. The predicted octanol–water partition coefficient (Wildman–Crippen LogP) is 4.48. The Bertz CT molecular complexity index is 774. The molecule has 1 N–H and O–H groups in total. The average Bonchev–Trinajstić information content (AvgIpc) is 2.71. The Hall–Kier alpha value is -1.60. The second-order valence-corrected chi connectivity index (χ2v) is 10.8. The molecule has 160 valence electrons. The highest BCUT2D eigenvalue weighted by atomic mass is 19.1. The molecule has 0 radical (unpaired) electrons. The molecule has 1 saturated heterocycles. The second kappa shape index (κ2) is 6.45. The average molecular weight is 405 g/mol. The summed E-state index contributed by atoms with van der Waals surface area (Å²) in [6, 6.07) is 7.57. The van der Waals surface area contributed by atoms with Crippen LogP contribution in [0.4, 0.5) is 9.18 Å². The number of nitrogens with zero attached hydrogens (tertiary/aromatic N) is 1. The van der Waals surface area contributed by atoms with Gasteiger partial charge in [0.1, 0.15) is 5.67 Å². The molecule has 1 aliphatic heterocycles. The van der Waals surface area contributed by atoms with Crippen LogP contribution in [-0.2, 0) is 14.8 Å². The zero-order valence-electron chi connectivity index (χ0n) is 18.8. The van der Waals surface area contributed by atoms with Gasteiger partial charge in [0.05, 0.1) is 16.7 Å². The maximum atomic E-state index is 14.6. The third-order valence-corrected chi connectivity index (χ3v) is 6.59. The standard InChI is InChI=1S/C22H33BFNO4/c1-18(2,3)25(17(26)27)22(13-21(8,24)14-22)15-9-11-16(12-10-15)23-28-19(4,5)20(6,7)29-23/h9-12H,13-14H2,1-8H3,(H,26,27)/t21-,22+. The maximum absolute atomic E-state index is 14.6. The van der Waals surface area contributed by atoms with E-state index in [9.17, 15) is 14.3 Å². The van der Waals surface area contributed by atoms with Crippen LogP contribution < -0.4 is 5.46 Å². The lowest BCUT2D eigenvalue weighted by Gasteiger charge is -2.59. The summed E-state index contributed by atoms with van der Waals surface area (Å²) < 4.78 is 26.8. The number of hydrogen-bond acceptors (Lipinski definition) is 3. The van der Waals surface area contributed by atoms with E-state index >= 15 is 0 Å². The highest BCUT2D eigenvalue weighted by Gasteiger charge is 2.60. The molecule has 0 atom stereocenters.